The molecule has 1 amide bonds. The van der Waals surface area contributed by atoms with Gasteiger partial charge >= 0.3 is 0 Å². The Balaban J connectivity index is 1.42. The van der Waals surface area contributed by atoms with E-state index in [-0.39, 0.29) is 5.91 Å². The summed E-state index contributed by atoms with van der Waals surface area (Å²) in [5.41, 5.74) is 11.1. The highest BCUT2D eigenvalue weighted by Gasteiger charge is 2.23. The molecule has 1 fully saturated rings. The third-order valence-corrected chi connectivity index (χ3v) is 6.84. The molecule has 1 aromatic carbocycles. The van der Waals surface area contributed by atoms with E-state index >= 15 is 0 Å². The molecule has 0 spiro atoms. The van der Waals surface area contributed by atoms with Crippen molar-refractivity contribution >= 4 is 34.8 Å². The first-order valence-electron chi connectivity index (χ1n) is 13.2. The lowest BCUT2D eigenvalue weighted by molar-refractivity contribution is 0.102. The topological polar surface area (TPSA) is 122 Å². The number of nitrogens with one attached hydrogen (secondary N) is 2. The number of carbonyl (C=O) groups excluding carboxylic acids is 1. The third-order valence-electron chi connectivity index (χ3n) is 6.84. The Bertz CT molecular complexity index is 1490. The van der Waals surface area contributed by atoms with Crippen molar-refractivity contribution in [2.24, 2.45) is 4.99 Å². The van der Waals surface area contributed by atoms with E-state index in [4.69, 9.17) is 10.5 Å². The minimum Gasteiger partial charge on any atom is -0.435 e. The highest BCUT2D eigenvalue weighted by atomic mass is 16.5. The Hall–Kier alpha value is -4.44. The number of aliphatic imine (C=N–C) groups is 1. The number of nitrogens with zero attached hydrogens (tertiary/aromatic N) is 5. The number of hydrogen-bond acceptors (Lipinski definition) is 8. The maximum Gasteiger partial charge on any atom is 0.257 e. The van der Waals surface area contributed by atoms with Crippen LogP contribution in [0.3, 0.4) is 0 Å². The van der Waals surface area contributed by atoms with Crippen LogP contribution >= 0.6 is 0 Å². The third kappa shape index (κ3) is 5.70. The molecule has 202 valence electrons. The van der Waals surface area contributed by atoms with E-state index in [0.717, 1.165) is 49.4 Å². The van der Waals surface area contributed by atoms with Gasteiger partial charge in [-0.25, -0.2) is 9.97 Å². The number of fused-ring (bicyclic) bond motifs is 1. The van der Waals surface area contributed by atoms with Gasteiger partial charge in [0, 0.05) is 74.4 Å². The average Bonchev–Trinajstić information content (AvgIpc) is 3.31. The molecule has 4 N–H and O–H groups in total. The van der Waals surface area contributed by atoms with Crippen molar-refractivity contribution in [2.75, 3.05) is 42.6 Å². The summed E-state index contributed by atoms with van der Waals surface area (Å²) < 4.78 is 7.84. The zero-order valence-corrected chi connectivity index (χ0v) is 22.5. The quantitative estimate of drug-likeness (QED) is 0.231. The number of nitrogens with two attached hydrogens (primary N) is 1. The van der Waals surface area contributed by atoms with Crippen molar-refractivity contribution in [1.82, 2.24) is 19.7 Å². The molecule has 4 heterocycles. The average molecular weight is 527 g/mol. The molecule has 1 aliphatic heterocycles. The minimum atomic E-state index is -0.323. The molecule has 10 nitrogen and oxygen atoms in total. The van der Waals surface area contributed by atoms with Crippen molar-refractivity contribution in [2.45, 2.75) is 32.7 Å². The largest absolute Gasteiger partial charge is 0.435 e. The summed E-state index contributed by atoms with van der Waals surface area (Å²) in [6.07, 6.45) is 9.16. The number of carbonyl (C=O) groups is 1. The Morgan fingerprint density at radius 1 is 1.23 bits per heavy atom. The number of imidazole rings is 1. The fraction of sp³-hybridized carbons (Fsp3) is 0.310. The number of benzene rings is 1. The van der Waals surface area contributed by atoms with Crippen LogP contribution in [0.5, 0.6) is 11.6 Å². The highest BCUT2D eigenvalue weighted by Crippen LogP contribution is 2.32. The van der Waals surface area contributed by atoms with Crippen molar-refractivity contribution in [3.63, 3.8) is 0 Å². The summed E-state index contributed by atoms with van der Waals surface area (Å²) in [6, 6.07) is 11.4. The molecular formula is C29H34N8O2. The zero-order chi connectivity index (χ0) is 27.4. The van der Waals surface area contributed by atoms with Crippen molar-refractivity contribution < 1.29 is 9.53 Å². The van der Waals surface area contributed by atoms with Crippen LogP contribution in [-0.4, -0.2) is 59.2 Å². The summed E-state index contributed by atoms with van der Waals surface area (Å²) in [5.74, 6) is 0.583. The summed E-state index contributed by atoms with van der Waals surface area (Å²) in [5, 5.41) is 6.52. The molecule has 10 heteroatoms. The summed E-state index contributed by atoms with van der Waals surface area (Å²) in [4.78, 5) is 28.8. The van der Waals surface area contributed by atoms with E-state index in [0.29, 0.717) is 40.3 Å². The number of nitrogen functional groups attached to an aromatic ring is 1. The lowest BCUT2D eigenvalue weighted by atomic mass is 10.00. The Labute approximate surface area is 227 Å². The Morgan fingerprint density at radius 2 is 2.05 bits per heavy atom. The van der Waals surface area contributed by atoms with Crippen LogP contribution < -0.4 is 26.0 Å². The van der Waals surface area contributed by atoms with Crippen LogP contribution in [0.15, 0.2) is 60.0 Å². The van der Waals surface area contributed by atoms with E-state index in [1.54, 1.807) is 43.9 Å². The standard InChI is InChI=1S/C29H34N8O2/c1-4-32-20-10-13-36(14-11-20)24-9-8-22(27(30)23(24)16-31-3)29(38)35-21-15-25(39-26-7-5-6-12-33-26)28-34-19(2)17-37(28)18-21/h5-9,12,15-18,20,32H,4,10-11,13-14,30H2,1-3H3,(H,35,38). The summed E-state index contributed by atoms with van der Waals surface area (Å²) in [7, 11) is 1.71. The van der Waals surface area contributed by atoms with Crippen molar-refractivity contribution in [1.29, 1.82) is 0 Å². The molecule has 0 bridgehead atoms. The van der Waals surface area contributed by atoms with Gasteiger partial charge in [0.05, 0.1) is 22.6 Å². The molecule has 0 unspecified atom stereocenters. The number of pyridine rings is 2. The van der Waals surface area contributed by atoms with Gasteiger partial charge in [-0.05, 0) is 44.5 Å². The van der Waals surface area contributed by atoms with Gasteiger partial charge in [-0.1, -0.05) is 13.0 Å². The molecule has 39 heavy (non-hydrogen) atoms. The first-order valence-corrected chi connectivity index (χ1v) is 13.2. The second kappa shape index (κ2) is 11.5. The first-order chi connectivity index (χ1) is 19.0. The number of anilines is 3. The van der Waals surface area contributed by atoms with E-state index < -0.39 is 0 Å². The van der Waals surface area contributed by atoms with E-state index in [1.165, 1.54) is 0 Å². The second-order valence-electron chi connectivity index (χ2n) is 9.60. The van der Waals surface area contributed by atoms with Gasteiger partial charge in [0.1, 0.15) is 0 Å². The van der Waals surface area contributed by atoms with Crippen LogP contribution in [-0.2, 0) is 0 Å². The second-order valence-corrected chi connectivity index (χ2v) is 9.60. The van der Waals surface area contributed by atoms with Gasteiger partial charge in [-0.3, -0.25) is 9.79 Å². The Kier molecular flexibility index (Phi) is 7.74. The van der Waals surface area contributed by atoms with Crippen LogP contribution in [0, 0.1) is 6.92 Å². The highest BCUT2D eigenvalue weighted by molar-refractivity contribution is 6.11. The number of hydrogen-bond donors (Lipinski definition) is 3. The number of aryl methyl sites for hydroxylation is 1. The van der Waals surface area contributed by atoms with Gasteiger partial charge in [0.2, 0.25) is 5.88 Å². The zero-order valence-electron chi connectivity index (χ0n) is 22.5. The lowest BCUT2D eigenvalue weighted by Crippen LogP contribution is -2.42. The van der Waals surface area contributed by atoms with Crippen LogP contribution in [0.2, 0.25) is 0 Å². The number of aromatic nitrogens is 3. The molecule has 1 aliphatic rings. The molecule has 3 aromatic heterocycles. The van der Waals surface area contributed by atoms with Crippen molar-refractivity contribution in [3.8, 4) is 11.6 Å². The number of ether oxygens (including phenoxy) is 1. The molecule has 0 radical (unpaired) electrons. The minimum absolute atomic E-state index is 0.323. The van der Waals surface area contributed by atoms with E-state index in [2.05, 4.69) is 37.4 Å². The van der Waals surface area contributed by atoms with Crippen LogP contribution in [0.4, 0.5) is 17.1 Å². The molecule has 5 rings (SSSR count). The summed E-state index contributed by atoms with van der Waals surface area (Å²) >= 11 is 0. The van der Waals surface area contributed by atoms with Crippen LogP contribution in [0.25, 0.3) is 5.65 Å². The van der Waals surface area contributed by atoms with Gasteiger partial charge in [0.15, 0.2) is 11.4 Å². The SMILES string of the molecule is CCNC1CCN(c2ccc(C(=O)Nc3cc(Oc4ccccn4)c4nc(C)cn4c3)c(N)c2C=NC)CC1. The van der Waals surface area contributed by atoms with Gasteiger partial charge in [-0.15, -0.1) is 0 Å². The van der Waals surface area contributed by atoms with E-state index in [1.807, 2.05) is 35.7 Å². The monoisotopic (exact) mass is 526 g/mol. The number of piperidine rings is 1. The fourth-order valence-electron chi connectivity index (χ4n) is 5.03. The Morgan fingerprint density at radius 3 is 2.77 bits per heavy atom. The molecule has 0 saturated carbocycles. The first kappa shape index (κ1) is 26.2. The van der Waals surface area contributed by atoms with Gasteiger partial charge in [0.25, 0.3) is 5.91 Å². The van der Waals surface area contributed by atoms with Crippen LogP contribution in [0.1, 0.15) is 41.4 Å². The fourth-order valence-corrected chi connectivity index (χ4v) is 5.03. The normalized spacial score (nSPS) is 14.3. The smallest absolute Gasteiger partial charge is 0.257 e. The summed E-state index contributed by atoms with van der Waals surface area (Å²) in [6.45, 7) is 6.83. The lowest BCUT2D eigenvalue weighted by Gasteiger charge is -2.35. The molecule has 4 aromatic rings. The van der Waals surface area contributed by atoms with Crippen molar-refractivity contribution in [3.05, 3.63) is 71.8 Å². The maximum atomic E-state index is 13.5. The van der Waals surface area contributed by atoms with Gasteiger partial charge in [-0.2, -0.15) is 0 Å². The van der Waals surface area contributed by atoms with E-state index in [9.17, 15) is 4.79 Å². The molecule has 1 saturated heterocycles. The number of amides is 1. The molecular weight excluding hydrogens is 492 g/mol. The predicted octanol–water partition coefficient (Wildman–Crippen LogP) is 4.29. The molecule has 0 atom stereocenters. The van der Waals surface area contributed by atoms with Gasteiger partial charge < -0.3 is 30.4 Å². The number of rotatable bonds is 8. The molecule has 0 aliphatic carbocycles. The predicted molar refractivity (Wildman–Crippen MR) is 155 cm³/mol. The maximum absolute atomic E-state index is 13.5.